The van der Waals surface area contributed by atoms with E-state index in [1.54, 1.807) is 18.3 Å². The Morgan fingerprint density at radius 2 is 1.87 bits per heavy atom. The van der Waals surface area contributed by atoms with E-state index >= 15 is 0 Å². The molecule has 0 radical (unpaired) electrons. The minimum Gasteiger partial charge on any atom is -0.492 e. The second-order valence-corrected chi connectivity index (χ2v) is 10.9. The van der Waals surface area contributed by atoms with Crippen molar-refractivity contribution < 1.29 is 14.3 Å². The molecule has 2 amide bonds. The number of ether oxygens (including phenoxy) is 1. The predicted molar refractivity (Wildman–Crippen MR) is 156 cm³/mol. The molecule has 0 bridgehead atoms. The maximum Gasteiger partial charge on any atom is 0.275 e. The maximum absolute atomic E-state index is 12.6. The van der Waals surface area contributed by atoms with Gasteiger partial charge in [-0.15, -0.1) is 35.1 Å². The van der Waals surface area contributed by atoms with E-state index in [9.17, 15) is 9.59 Å². The third-order valence-corrected chi connectivity index (χ3v) is 8.03. The van der Waals surface area contributed by atoms with Gasteiger partial charge in [-0.3, -0.25) is 15.0 Å². The SMILES string of the molecule is CCc1c(-c2ccc(OCCN(C)C)cc2)sc2nc(-c3cccs3)nc(NN3C(=O)C=C(C)C3=O)c12.Cl. The van der Waals surface area contributed by atoms with Crippen LogP contribution in [0, 0.1) is 0 Å². The Balaban J connectivity index is 0.00000336. The van der Waals surface area contributed by atoms with E-state index in [1.165, 1.54) is 17.4 Å². The van der Waals surface area contributed by atoms with Crippen molar-refractivity contribution in [1.82, 2.24) is 19.9 Å². The Hall–Kier alpha value is -3.31. The van der Waals surface area contributed by atoms with Crippen LogP contribution in [-0.2, 0) is 16.0 Å². The third-order valence-electron chi connectivity index (χ3n) is 5.99. The third kappa shape index (κ3) is 5.44. The lowest BCUT2D eigenvalue weighted by Gasteiger charge is -2.18. The number of fused-ring (bicyclic) bond motifs is 1. The van der Waals surface area contributed by atoms with E-state index in [0.29, 0.717) is 23.8 Å². The van der Waals surface area contributed by atoms with E-state index in [0.717, 1.165) is 54.8 Å². The Labute approximate surface area is 235 Å². The normalized spacial score (nSPS) is 13.3. The van der Waals surface area contributed by atoms with Crippen molar-refractivity contribution in [2.45, 2.75) is 20.3 Å². The van der Waals surface area contributed by atoms with Crippen LogP contribution in [0.5, 0.6) is 5.75 Å². The van der Waals surface area contributed by atoms with E-state index in [4.69, 9.17) is 14.7 Å². The van der Waals surface area contributed by atoms with Crippen molar-refractivity contribution in [2.24, 2.45) is 0 Å². The largest absolute Gasteiger partial charge is 0.492 e. The van der Waals surface area contributed by atoms with Crippen LogP contribution >= 0.6 is 35.1 Å². The molecule has 3 aromatic heterocycles. The first kappa shape index (κ1) is 27.7. The van der Waals surface area contributed by atoms with Gasteiger partial charge in [0.2, 0.25) is 0 Å². The quantitative estimate of drug-likeness (QED) is 0.260. The number of carbonyl (C=O) groups excluding carboxylic acids is 2. The number of likely N-dealkylation sites (N-methyl/N-ethyl adjacent to an activating group) is 1. The molecular weight excluding hydrogens is 542 g/mol. The summed E-state index contributed by atoms with van der Waals surface area (Å²) in [6.07, 6.45) is 2.06. The summed E-state index contributed by atoms with van der Waals surface area (Å²) in [6, 6.07) is 12.0. The number of imide groups is 1. The van der Waals surface area contributed by atoms with E-state index in [-0.39, 0.29) is 18.3 Å². The zero-order chi connectivity index (χ0) is 26.1. The molecule has 1 N–H and O–H groups in total. The molecule has 0 atom stereocenters. The molecule has 1 aliphatic heterocycles. The number of anilines is 1. The molecule has 0 saturated carbocycles. The molecule has 0 saturated heterocycles. The van der Waals surface area contributed by atoms with Gasteiger partial charge in [-0.05, 0) is 74.3 Å². The second-order valence-electron chi connectivity index (χ2n) is 8.91. The van der Waals surface area contributed by atoms with Crippen LogP contribution in [0.15, 0.2) is 53.4 Å². The molecule has 4 aromatic rings. The number of aryl methyl sites for hydroxylation is 1. The molecule has 38 heavy (non-hydrogen) atoms. The Morgan fingerprint density at radius 1 is 1.11 bits per heavy atom. The first-order valence-corrected chi connectivity index (χ1v) is 13.6. The number of benzene rings is 1. The number of aromatic nitrogens is 2. The summed E-state index contributed by atoms with van der Waals surface area (Å²) in [6.45, 7) is 5.17. The standard InChI is InChI=1S/C27H27N5O3S2.ClH/c1-5-19-22-25(30-32-21(33)15-16(2)27(32)34)28-24(20-7-6-14-36-20)29-26(22)37-23(19)17-8-10-18(11-9-17)35-13-12-31(3)4;/h6-11,14-15H,5,12-13H2,1-4H3,(H,28,29,30);1H. The fourth-order valence-corrected chi connectivity index (χ4v) is 6.00. The fourth-order valence-electron chi connectivity index (χ4n) is 4.07. The molecule has 1 aromatic carbocycles. The monoisotopic (exact) mass is 569 g/mol. The zero-order valence-electron chi connectivity index (χ0n) is 21.5. The highest BCUT2D eigenvalue weighted by molar-refractivity contribution is 7.22. The van der Waals surface area contributed by atoms with Crippen molar-refractivity contribution in [3.8, 4) is 26.9 Å². The molecule has 1 aliphatic rings. The second kappa shape index (κ2) is 11.6. The summed E-state index contributed by atoms with van der Waals surface area (Å²) in [5, 5.41) is 3.81. The number of hydrazine groups is 1. The Bertz CT molecular complexity index is 1500. The molecule has 0 unspecified atom stereocenters. The lowest BCUT2D eigenvalue weighted by Crippen LogP contribution is -2.36. The molecule has 5 rings (SSSR count). The molecule has 0 aliphatic carbocycles. The van der Waals surface area contributed by atoms with E-state index in [2.05, 4.69) is 29.4 Å². The van der Waals surface area contributed by atoms with Crippen LogP contribution in [0.25, 0.3) is 31.4 Å². The van der Waals surface area contributed by atoms with Gasteiger partial charge in [0.15, 0.2) is 11.6 Å². The van der Waals surface area contributed by atoms with Gasteiger partial charge in [-0.1, -0.05) is 13.0 Å². The molecule has 0 fully saturated rings. The Morgan fingerprint density at radius 3 is 2.47 bits per heavy atom. The van der Waals surface area contributed by atoms with Crippen molar-refractivity contribution >= 4 is 62.9 Å². The molecule has 4 heterocycles. The number of hydrogen-bond donors (Lipinski definition) is 1. The molecule has 11 heteroatoms. The summed E-state index contributed by atoms with van der Waals surface area (Å²) in [4.78, 5) is 39.6. The summed E-state index contributed by atoms with van der Waals surface area (Å²) < 4.78 is 5.86. The smallest absolute Gasteiger partial charge is 0.275 e. The summed E-state index contributed by atoms with van der Waals surface area (Å²) in [5.41, 5.74) is 5.51. The number of hydrogen-bond acceptors (Lipinski definition) is 9. The number of amides is 2. The van der Waals surface area contributed by atoms with Crippen LogP contribution in [0.3, 0.4) is 0 Å². The van der Waals surface area contributed by atoms with Gasteiger partial charge in [-0.2, -0.15) is 5.01 Å². The van der Waals surface area contributed by atoms with E-state index < -0.39 is 5.91 Å². The Kier molecular flexibility index (Phi) is 8.47. The highest BCUT2D eigenvalue weighted by Crippen LogP contribution is 2.42. The average molecular weight is 570 g/mol. The minimum absolute atomic E-state index is 0. The van der Waals surface area contributed by atoms with Gasteiger partial charge >= 0.3 is 0 Å². The van der Waals surface area contributed by atoms with Gasteiger partial charge in [0.25, 0.3) is 11.8 Å². The minimum atomic E-state index is -0.412. The van der Waals surface area contributed by atoms with Crippen LogP contribution in [-0.4, -0.2) is 58.9 Å². The van der Waals surface area contributed by atoms with Gasteiger partial charge in [0.05, 0.1) is 10.3 Å². The van der Waals surface area contributed by atoms with Crippen molar-refractivity contribution in [1.29, 1.82) is 0 Å². The zero-order valence-corrected chi connectivity index (χ0v) is 23.9. The number of thiophene rings is 2. The predicted octanol–water partition coefficient (Wildman–Crippen LogP) is 5.65. The summed E-state index contributed by atoms with van der Waals surface area (Å²) in [7, 11) is 4.03. The summed E-state index contributed by atoms with van der Waals surface area (Å²) >= 11 is 3.12. The lowest BCUT2D eigenvalue weighted by molar-refractivity contribution is -0.135. The van der Waals surface area contributed by atoms with Crippen molar-refractivity contribution in [3.05, 3.63) is 59.0 Å². The topological polar surface area (TPSA) is 87.7 Å². The lowest BCUT2D eigenvalue weighted by atomic mass is 10.0. The van der Waals surface area contributed by atoms with Gasteiger partial charge in [-0.25, -0.2) is 9.97 Å². The average Bonchev–Trinajstić information content (AvgIpc) is 3.59. The van der Waals surface area contributed by atoms with Crippen molar-refractivity contribution in [3.63, 3.8) is 0 Å². The van der Waals surface area contributed by atoms with Crippen LogP contribution in [0.2, 0.25) is 0 Å². The first-order valence-electron chi connectivity index (χ1n) is 11.9. The van der Waals surface area contributed by atoms with Crippen LogP contribution < -0.4 is 10.2 Å². The van der Waals surface area contributed by atoms with Gasteiger partial charge < -0.3 is 9.64 Å². The highest BCUT2D eigenvalue weighted by atomic mass is 35.5. The number of halogens is 1. The highest BCUT2D eigenvalue weighted by Gasteiger charge is 2.30. The number of nitrogens with zero attached hydrogens (tertiary/aromatic N) is 4. The van der Waals surface area contributed by atoms with E-state index in [1.807, 2.05) is 43.7 Å². The molecular formula is C27H28ClN5O3S2. The fraction of sp³-hybridized carbons (Fsp3) is 0.259. The molecule has 8 nitrogen and oxygen atoms in total. The molecule has 0 spiro atoms. The van der Waals surface area contributed by atoms with Crippen molar-refractivity contribution in [2.75, 3.05) is 32.7 Å². The van der Waals surface area contributed by atoms with Gasteiger partial charge in [0, 0.05) is 23.1 Å². The van der Waals surface area contributed by atoms with Crippen LogP contribution in [0.4, 0.5) is 5.82 Å². The number of rotatable bonds is 9. The van der Waals surface area contributed by atoms with Crippen LogP contribution in [0.1, 0.15) is 19.4 Å². The first-order chi connectivity index (χ1) is 17.9. The van der Waals surface area contributed by atoms with Gasteiger partial charge in [0.1, 0.15) is 17.2 Å². The number of carbonyl (C=O) groups is 2. The molecule has 198 valence electrons. The number of nitrogens with one attached hydrogen (secondary N) is 1. The summed E-state index contributed by atoms with van der Waals surface area (Å²) in [5.74, 6) is 1.02. The maximum atomic E-state index is 12.6.